The van der Waals surface area contributed by atoms with Crippen LogP contribution in [-0.4, -0.2) is 34.3 Å². The summed E-state index contributed by atoms with van der Waals surface area (Å²) in [6, 6.07) is 15.3. The Hall–Kier alpha value is -3.20. The van der Waals surface area contributed by atoms with Crippen LogP contribution in [0.25, 0.3) is 0 Å². The first-order valence-electron chi connectivity index (χ1n) is 8.95. The fraction of sp³-hybridized carbons (Fsp3) is 0.200. The Balaban J connectivity index is 1.33. The van der Waals surface area contributed by atoms with Gasteiger partial charge in [0.05, 0.1) is 11.7 Å². The van der Waals surface area contributed by atoms with Crippen LogP contribution >= 0.6 is 11.8 Å². The number of carbonyl (C=O) groups excluding carboxylic acids is 2. The minimum atomic E-state index is -0.326. The van der Waals surface area contributed by atoms with Gasteiger partial charge < -0.3 is 9.32 Å². The second kappa shape index (κ2) is 8.44. The Morgan fingerprint density at radius 2 is 1.93 bits per heavy atom. The van der Waals surface area contributed by atoms with Gasteiger partial charge in [-0.2, -0.15) is 0 Å². The van der Waals surface area contributed by atoms with Crippen molar-refractivity contribution in [3.05, 3.63) is 66.3 Å². The number of nitrogens with zero attached hydrogens (tertiary/aromatic N) is 3. The van der Waals surface area contributed by atoms with Crippen molar-refractivity contribution in [3.8, 4) is 0 Å². The van der Waals surface area contributed by atoms with Gasteiger partial charge in [-0.05, 0) is 36.4 Å². The molecule has 1 atom stereocenters. The molecule has 2 aromatic carbocycles. The average molecular weight is 412 g/mol. The number of benzene rings is 2. The summed E-state index contributed by atoms with van der Waals surface area (Å²) in [5, 5.41) is 10.4. The molecule has 7 nitrogen and oxygen atoms in total. The predicted molar refractivity (Wildman–Crippen MR) is 106 cm³/mol. The molecule has 9 heteroatoms. The second-order valence-electron chi connectivity index (χ2n) is 6.48. The number of carbonyl (C=O) groups is 2. The number of para-hydroxylation sites is 1. The van der Waals surface area contributed by atoms with Crippen LogP contribution in [0.3, 0.4) is 0 Å². The molecule has 1 N–H and O–H groups in total. The van der Waals surface area contributed by atoms with Gasteiger partial charge in [0.25, 0.3) is 0 Å². The number of halogens is 1. The maximum atomic E-state index is 12.9. The third-order valence-electron chi connectivity index (χ3n) is 4.41. The molecule has 0 radical (unpaired) electrons. The van der Waals surface area contributed by atoms with Crippen molar-refractivity contribution in [2.24, 2.45) is 0 Å². The Morgan fingerprint density at radius 1 is 1.17 bits per heavy atom. The smallest absolute Gasteiger partial charge is 0.322 e. The van der Waals surface area contributed by atoms with Gasteiger partial charge in [-0.15, -0.1) is 16.9 Å². The Labute approximate surface area is 170 Å². The molecule has 1 aromatic heterocycles. The van der Waals surface area contributed by atoms with Crippen molar-refractivity contribution >= 4 is 35.3 Å². The summed E-state index contributed by atoms with van der Waals surface area (Å²) >= 11 is 1.27. The molecule has 2 heterocycles. The van der Waals surface area contributed by atoms with E-state index in [0.29, 0.717) is 12.4 Å². The number of thioether (sulfide) groups is 1. The molecule has 3 aromatic rings. The highest BCUT2D eigenvalue weighted by Crippen LogP contribution is 2.31. The van der Waals surface area contributed by atoms with E-state index in [2.05, 4.69) is 15.5 Å². The van der Waals surface area contributed by atoms with E-state index in [1.807, 2.05) is 30.3 Å². The topological polar surface area (TPSA) is 88.3 Å². The number of hydrogen-bond donors (Lipinski definition) is 1. The second-order valence-corrected chi connectivity index (χ2v) is 7.53. The fourth-order valence-corrected chi connectivity index (χ4v) is 3.71. The average Bonchev–Trinajstić information content (AvgIpc) is 3.35. The monoisotopic (exact) mass is 412 g/mol. The number of aromatic nitrogens is 2. The summed E-state index contributed by atoms with van der Waals surface area (Å²) in [6.07, 6.45) is 0.269. The normalized spacial score (nSPS) is 16.2. The standard InChI is InChI=1S/C20H17FN4O3S/c21-14-6-8-16(9-7-14)29-12-17(26)22-20-24-23-19(28-20)13-10-18(27)25(11-13)15-4-2-1-3-5-15/h1-9,13H,10-12H2,(H,22,24,26)/t13-/m1/s1. The first kappa shape index (κ1) is 19.1. The molecule has 0 unspecified atom stereocenters. The lowest BCUT2D eigenvalue weighted by molar-refractivity contribution is -0.117. The van der Waals surface area contributed by atoms with Crippen molar-refractivity contribution in [2.75, 3.05) is 22.5 Å². The lowest BCUT2D eigenvalue weighted by Crippen LogP contribution is -2.24. The molecule has 0 bridgehead atoms. The molecule has 29 heavy (non-hydrogen) atoms. The van der Waals surface area contributed by atoms with Crippen LogP contribution in [0.4, 0.5) is 16.1 Å². The summed E-state index contributed by atoms with van der Waals surface area (Å²) in [5.41, 5.74) is 0.825. The summed E-state index contributed by atoms with van der Waals surface area (Å²) in [5.74, 6) is -0.447. The van der Waals surface area contributed by atoms with Crippen molar-refractivity contribution in [1.29, 1.82) is 0 Å². The number of amides is 2. The summed E-state index contributed by atoms with van der Waals surface area (Å²) in [4.78, 5) is 26.9. The molecule has 4 rings (SSSR count). The lowest BCUT2D eigenvalue weighted by Gasteiger charge is -2.15. The van der Waals surface area contributed by atoms with E-state index in [0.717, 1.165) is 10.6 Å². The first-order chi connectivity index (χ1) is 14.1. The van der Waals surface area contributed by atoms with Gasteiger partial charge in [0.2, 0.25) is 17.7 Å². The van der Waals surface area contributed by atoms with Crippen molar-refractivity contribution in [2.45, 2.75) is 17.2 Å². The first-order valence-corrected chi connectivity index (χ1v) is 9.94. The van der Waals surface area contributed by atoms with Crippen LogP contribution in [0, 0.1) is 5.82 Å². The number of hydrogen-bond acceptors (Lipinski definition) is 6. The number of nitrogens with one attached hydrogen (secondary N) is 1. The molecule has 0 spiro atoms. The van der Waals surface area contributed by atoms with Gasteiger partial charge in [-0.3, -0.25) is 14.9 Å². The van der Waals surface area contributed by atoms with Crippen LogP contribution in [0.1, 0.15) is 18.2 Å². The molecule has 1 fully saturated rings. The Morgan fingerprint density at radius 3 is 2.69 bits per heavy atom. The Kier molecular flexibility index (Phi) is 5.57. The van der Waals surface area contributed by atoms with Gasteiger partial charge in [0.15, 0.2) is 0 Å². The summed E-state index contributed by atoms with van der Waals surface area (Å²) in [6.45, 7) is 0.443. The molecule has 0 saturated carbocycles. The van der Waals surface area contributed by atoms with E-state index in [1.165, 1.54) is 23.9 Å². The van der Waals surface area contributed by atoms with E-state index in [1.54, 1.807) is 17.0 Å². The van der Waals surface area contributed by atoms with E-state index in [-0.39, 0.29) is 41.7 Å². The molecular weight excluding hydrogens is 395 g/mol. The van der Waals surface area contributed by atoms with Crippen LogP contribution in [-0.2, 0) is 9.59 Å². The maximum absolute atomic E-state index is 12.9. The zero-order valence-electron chi connectivity index (χ0n) is 15.2. The van der Waals surface area contributed by atoms with Crippen molar-refractivity contribution in [3.63, 3.8) is 0 Å². The predicted octanol–water partition coefficient (Wildman–Crippen LogP) is 3.46. The highest BCUT2D eigenvalue weighted by Gasteiger charge is 2.35. The van der Waals surface area contributed by atoms with Crippen molar-refractivity contribution in [1.82, 2.24) is 10.2 Å². The van der Waals surface area contributed by atoms with Crippen LogP contribution in [0.2, 0.25) is 0 Å². The van der Waals surface area contributed by atoms with Crippen LogP contribution in [0.5, 0.6) is 0 Å². The van der Waals surface area contributed by atoms with Crippen molar-refractivity contribution < 1.29 is 18.4 Å². The summed E-state index contributed by atoms with van der Waals surface area (Å²) in [7, 11) is 0. The molecule has 1 saturated heterocycles. The van der Waals surface area contributed by atoms with Gasteiger partial charge >= 0.3 is 6.01 Å². The van der Waals surface area contributed by atoms with E-state index < -0.39 is 0 Å². The fourth-order valence-electron chi connectivity index (χ4n) is 3.02. The summed E-state index contributed by atoms with van der Waals surface area (Å²) < 4.78 is 18.5. The minimum absolute atomic E-state index is 0.00434. The van der Waals surface area contributed by atoms with Gasteiger partial charge in [0.1, 0.15) is 5.82 Å². The third kappa shape index (κ3) is 4.62. The number of anilines is 2. The SMILES string of the molecule is O=C(CSc1ccc(F)cc1)Nc1nnc([C@@H]2CC(=O)N(c3ccccc3)C2)o1. The highest BCUT2D eigenvalue weighted by atomic mass is 32.2. The lowest BCUT2D eigenvalue weighted by atomic mass is 10.1. The molecule has 2 amide bonds. The quantitative estimate of drug-likeness (QED) is 0.624. The van der Waals surface area contributed by atoms with Crippen LogP contribution in [0.15, 0.2) is 63.9 Å². The molecule has 1 aliphatic heterocycles. The van der Waals surface area contributed by atoms with E-state index in [4.69, 9.17) is 4.42 Å². The zero-order valence-corrected chi connectivity index (χ0v) is 16.1. The number of rotatable bonds is 6. The van der Waals surface area contributed by atoms with Gasteiger partial charge in [0, 0.05) is 23.5 Å². The molecule has 1 aliphatic rings. The Bertz CT molecular complexity index is 1010. The molecular formula is C20H17FN4O3S. The maximum Gasteiger partial charge on any atom is 0.322 e. The third-order valence-corrected chi connectivity index (χ3v) is 5.42. The van der Waals surface area contributed by atoms with Gasteiger partial charge in [-0.1, -0.05) is 23.3 Å². The minimum Gasteiger partial charge on any atom is -0.407 e. The van der Waals surface area contributed by atoms with Crippen LogP contribution < -0.4 is 10.2 Å². The zero-order chi connectivity index (χ0) is 20.2. The highest BCUT2D eigenvalue weighted by molar-refractivity contribution is 8.00. The molecule has 148 valence electrons. The van der Waals surface area contributed by atoms with E-state index >= 15 is 0 Å². The molecule has 0 aliphatic carbocycles. The van der Waals surface area contributed by atoms with Gasteiger partial charge in [-0.25, -0.2) is 4.39 Å². The van der Waals surface area contributed by atoms with E-state index in [9.17, 15) is 14.0 Å². The largest absolute Gasteiger partial charge is 0.407 e.